The van der Waals surface area contributed by atoms with Gasteiger partial charge in [-0.3, -0.25) is 0 Å². The molecule has 0 radical (unpaired) electrons. The van der Waals surface area contributed by atoms with Gasteiger partial charge in [-0.25, -0.2) is 0 Å². The van der Waals surface area contributed by atoms with E-state index in [0.29, 0.717) is 16.8 Å². The molecule has 3 aromatic rings. The number of ether oxygens (including phenoxy) is 1. The second kappa shape index (κ2) is 7.61. The molecule has 7 heteroatoms. The van der Waals surface area contributed by atoms with E-state index in [-0.39, 0.29) is 6.61 Å². The van der Waals surface area contributed by atoms with Gasteiger partial charge in [0.25, 0.3) is 5.89 Å². The molecule has 0 N–H and O–H groups in total. The van der Waals surface area contributed by atoms with Crippen molar-refractivity contribution >= 4 is 17.8 Å². The molecular weight excluding hydrogens is 330 g/mol. The number of halogens is 1. The fourth-order valence-electron chi connectivity index (χ4n) is 1.90. The zero-order chi connectivity index (χ0) is 16.8. The lowest BCUT2D eigenvalue weighted by atomic mass is 10.2. The number of nitrogens with zero attached hydrogens (tertiary/aromatic N) is 3. The van der Waals surface area contributed by atoms with Crippen LogP contribution < -0.4 is 4.74 Å². The number of rotatable bonds is 6. The molecule has 0 aliphatic carbocycles. The van der Waals surface area contributed by atoms with Gasteiger partial charge in [-0.05, 0) is 42.0 Å². The molecule has 6 nitrogen and oxygen atoms in total. The van der Waals surface area contributed by atoms with Crippen molar-refractivity contribution in [1.29, 1.82) is 0 Å². The maximum absolute atomic E-state index is 5.81. The van der Waals surface area contributed by atoms with Crippen molar-refractivity contribution in [2.24, 2.45) is 5.16 Å². The zero-order valence-electron chi connectivity index (χ0n) is 12.8. The molecular formula is C17H14ClN3O3. The van der Waals surface area contributed by atoms with Crippen LogP contribution in [0, 0.1) is 0 Å². The molecule has 0 bridgehead atoms. The third-order valence-electron chi connectivity index (χ3n) is 3.14. The van der Waals surface area contributed by atoms with Crippen molar-refractivity contribution in [3.63, 3.8) is 0 Å². The van der Waals surface area contributed by atoms with E-state index in [9.17, 15) is 0 Å². The summed E-state index contributed by atoms with van der Waals surface area (Å²) in [5.41, 5.74) is 1.68. The van der Waals surface area contributed by atoms with Crippen LogP contribution in [0.15, 0.2) is 58.1 Å². The first-order valence-electron chi connectivity index (χ1n) is 7.12. The van der Waals surface area contributed by atoms with Crippen molar-refractivity contribution < 1.29 is 14.0 Å². The minimum atomic E-state index is 0.0905. The highest BCUT2D eigenvalue weighted by atomic mass is 35.5. The predicted molar refractivity (Wildman–Crippen MR) is 90.1 cm³/mol. The topological polar surface area (TPSA) is 69.7 Å². The number of methoxy groups -OCH3 is 1. The monoisotopic (exact) mass is 343 g/mol. The van der Waals surface area contributed by atoms with Crippen LogP contribution in [-0.2, 0) is 11.4 Å². The largest absolute Gasteiger partial charge is 0.497 e. The average Bonchev–Trinajstić information content (AvgIpc) is 3.09. The van der Waals surface area contributed by atoms with Crippen molar-refractivity contribution in [2.45, 2.75) is 6.61 Å². The van der Waals surface area contributed by atoms with Gasteiger partial charge in [0, 0.05) is 10.6 Å². The van der Waals surface area contributed by atoms with Gasteiger partial charge in [-0.15, -0.1) is 10.2 Å². The Labute approximate surface area is 143 Å². The Morgan fingerprint density at radius 1 is 1.08 bits per heavy atom. The molecule has 0 unspecified atom stereocenters. The zero-order valence-corrected chi connectivity index (χ0v) is 13.6. The molecule has 1 heterocycles. The van der Waals surface area contributed by atoms with Crippen LogP contribution in [0.5, 0.6) is 5.75 Å². The summed E-state index contributed by atoms with van der Waals surface area (Å²) in [6, 6.07) is 14.6. The van der Waals surface area contributed by atoms with Crippen molar-refractivity contribution in [3.8, 4) is 17.2 Å². The number of hydrogen-bond acceptors (Lipinski definition) is 6. The van der Waals surface area contributed by atoms with Gasteiger partial charge >= 0.3 is 0 Å². The maximum Gasteiger partial charge on any atom is 0.257 e. The Bertz CT molecular complexity index is 814. The fourth-order valence-corrected chi connectivity index (χ4v) is 2.03. The van der Waals surface area contributed by atoms with Crippen molar-refractivity contribution in [1.82, 2.24) is 10.2 Å². The van der Waals surface area contributed by atoms with Gasteiger partial charge in [0.15, 0.2) is 6.61 Å². The first kappa shape index (κ1) is 16.0. The van der Waals surface area contributed by atoms with Gasteiger partial charge in [0.1, 0.15) is 5.75 Å². The Balaban J connectivity index is 1.56. The number of benzene rings is 2. The summed E-state index contributed by atoms with van der Waals surface area (Å²) < 4.78 is 10.6. The SMILES string of the molecule is COc1ccc(-c2nnc(CON=Cc3ccc(Cl)cc3)o2)cc1. The Morgan fingerprint density at radius 3 is 2.54 bits per heavy atom. The number of hydrogen-bond donors (Lipinski definition) is 0. The number of aromatic nitrogens is 2. The maximum atomic E-state index is 5.81. The van der Waals surface area contributed by atoms with E-state index in [1.165, 1.54) is 0 Å². The van der Waals surface area contributed by atoms with Crippen LogP contribution in [0.25, 0.3) is 11.5 Å². The van der Waals surface area contributed by atoms with Crippen LogP contribution in [0.2, 0.25) is 5.02 Å². The van der Waals surface area contributed by atoms with E-state index in [4.69, 9.17) is 25.6 Å². The molecule has 0 aliphatic heterocycles. The minimum Gasteiger partial charge on any atom is -0.497 e. The standard InChI is InChI=1S/C17H14ClN3O3/c1-22-15-8-4-13(5-9-15)17-21-20-16(24-17)11-23-19-10-12-2-6-14(18)7-3-12/h2-10H,11H2,1H3. The van der Waals surface area contributed by atoms with Crippen molar-refractivity contribution in [2.75, 3.05) is 7.11 Å². The Kier molecular flexibility index (Phi) is 5.08. The third kappa shape index (κ3) is 4.11. The van der Waals surface area contributed by atoms with Crippen LogP contribution in [-0.4, -0.2) is 23.5 Å². The van der Waals surface area contributed by atoms with Gasteiger partial charge in [0.2, 0.25) is 5.89 Å². The van der Waals surface area contributed by atoms with Gasteiger partial charge in [0.05, 0.1) is 13.3 Å². The quantitative estimate of drug-likeness (QED) is 0.500. The summed E-state index contributed by atoms with van der Waals surface area (Å²) in [6.07, 6.45) is 1.58. The second-order valence-electron chi connectivity index (χ2n) is 4.79. The van der Waals surface area contributed by atoms with E-state index in [1.807, 2.05) is 36.4 Å². The Morgan fingerprint density at radius 2 is 1.83 bits per heavy atom. The van der Waals surface area contributed by atoms with Crippen LogP contribution in [0.1, 0.15) is 11.5 Å². The van der Waals surface area contributed by atoms with Crippen molar-refractivity contribution in [3.05, 3.63) is 65.0 Å². The molecule has 3 rings (SSSR count). The summed E-state index contributed by atoms with van der Waals surface area (Å²) in [7, 11) is 1.61. The molecule has 0 spiro atoms. The average molecular weight is 344 g/mol. The normalized spacial score (nSPS) is 10.9. The van der Waals surface area contributed by atoms with E-state index in [0.717, 1.165) is 16.9 Å². The highest BCUT2D eigenvalue weighted by Crippen LogP contribution is 2.21. The summed E-state index contributed by atoms with van der Waals surface area (Å²) >= 11 is 5.81. The molecule has 0 fully saturated rings. The summed E-state index contributed by atoms with van der Waals surface area (Å²) in [5.74, 6) is 1.52. The molecule has 0 atom stereocenters. The third-order valence-corrected chi connectivity index (χ3v) is 3.39. The highest BCUT2D eigenvalue weighted by Gasteiger charge is 2.08. The minimum absolute atomic E-state index is 0.0905. The van der Waals surface area contributed by atoms with E-state index in [2.05, 4.69) is 15.4 Å². The summed E-state index contributed by atoms with van der Waals surface area (Å²) in [6.45, 7) is 0.0905. The first-order valence-corrected chi connectivity index (χ1v) is 7.50. The Hall–Kier alpha value is -2.86. The predicted octanol–water partition coefficient (Wildman–Crippen LogP) is 3.95. The first-order chi connectivity index (χ1) is 11.7. The van der Waals surface area contributed by atoms with E-state index < -0.39 is 0 Å². The van der Waals surface area contributed by atoms with Gasteiger partial charge in [-0.1, -0.05) is 28.9 Å². The summed E-state index contributed by atoms with van der Waals surface area (Å²) in [5, 5.41) is 12.4. The molecule has 0 aliphatic rings. The highest BCUT2D eigenvalue weighted by molar-refractivity contribution is 6.30. The molecule has 0 saturated heterocycles. The molecule has 0 amide bonds. The molecule has 0 saturated carbocycles. The lowest BCUT2D eigenvalue weighted by molar-refractivity contribution is 0.112. The van der Waals surface area contributed by atoms with Crippen LogP contribution in [0.3, 0.4) is 0 Å². The fraction of sp³-hybridized carbons (Fsp3) is 0.118. The van der Waals surface area contributed by atoms with Crippen LogP contribution >= 0.6 is 11.6 Å². The van der Waals surface area contributed by atoms with Gasteiger partial charge in [-0.2, -0.15) is 0 Å². The molecule has 1 aromatic heterocycles. The summed E-state index contributed by atoms with van der Waals surface area (Å²) in [4.78, 5) is 5.16. The van der Waals surface area contributed by atoms with E-state index >= 15 is 0 Å². The van der Waals surface area contributed by atoms with Gasteiger partial charge < -0.3 is 14.0 Å². The lowest BCUT2D eigenvalue weighted by Crippen LogP contribution is -1.88. The molecule has 24 heavy (non-hydrogen) atoms. The molecule has 2 aromatic carbocycles. The smallest absolute Gasteiger partial charge is 0.257 e. The lowest BCUT2D eigenvalue weighted by Gasteiger charge is -1.99. The number of oxime groups is 1. The van der Waals surface area contributed by atoms with Crippen LogP contribution in [0.4, 0.5) is 0 Å². The second-order valence-corrected chi connectivity index (χ2v) is 5.23. The van der Waals surface area contributed by atoms with E-state index in [1.54, 1.807) is 25.5 Å². The molecule has 122 valence electrons.